The smallest absolute Gasteiger partial charge is 0.326 e. The van der Waals surface area contributed by atoms with E-state index in [-0.39, 0.29) is 11.6 Å². The number of aryl methyl sites for hydroxylation is 1. The zero-order valence-electron chi connectivity index (χ0n) is 11.5. The number of H-pyrrole nitrogens is 1. The van der Waals surface area contributed by atoms with E-state index in [1.165, 1.54) is 12.5 Å². The first-order chi connectivity index (χ1) is 9.56. The average Bonchev–Trinajstić information content (AvgIpc) is 2.77. The predicted octanol–water partition coefficient (Wildman–Crippen LogP) is 1.30. The van der Waals surface area contributed by atoms with Crippen molar-refractivity contribution < 1.29 is 9.90 Å². The first kappa shape index (κ1) is 13.1. The van der Waals surface area contributed by atoms with Gasteiger partial charge in [-0.25, -0.2) is 9.78 Å². The zero-order chi connectivity index (χ0) is 14.3. The molecule has 2 aliphatic rings. The molecular formula is C14H19N3O3. The third kappa shape index (κ3) is 2.19. The van der Waals surface area contributed by atoms with Crippen LogP contribution in [0.1, 0.15) is 37.9 Å². The van der Waals surface area contributed by atoms with E-state index in [0.29, 0.717) is 24.0 Å². The minimum Gasteiger partial charge on any atom is -0.480 e. The molecule has 1 aromatic rings. The van der Waals surface area contributed by atoms with Gasteiger partial charge in [-0.1, -0.05) is 12.8 Å². The van der Waals surface area contributed by atoms with Crippen LogP contribution in [-0.4, -0.2) is 33.1 Å². The van der Waals surface area contributed by atoms with E-state index in [1.807, 2.05) is 4.90 Å². The van der Waals surface area contributed by atoms with Crippen LogP contribution in [0.2, 0.25) is 0 Å². The minimum atomic E-state index is -0.820. The molecule has 1 saturated heterocycles. The lowest BCUT2D eigenvalue weighted by atomic mass is 9.85. The fourth-order valence-electron chi connectivity index (χ4n) is 3.71. The number of aromatic amines is 1. The highest BCUT2D eigenvalue weighted by Gasteiger charge is 2.45. The number of nitrogens with one attached hydrogen (secondary N) is 1. The average molecular weight is 277 g/mol. The highest BCUT2D eigenvalue weighted by Crippen LogP contribution is 2.41. The topological polar surface area (TPSA) is 86.3 Å². The van der Waals surface area contributed by atoms with Gasteiger partial charge in [0.1, 0.15) is 17.7 Å². The van der Waals surface area contributed by atoms with Crippen molar-refractivity contribution >= 4 is 11.8 Å². The molecule has 1 aliphatic carbocycles. The first-order valence-corrected chi connectivity index (χ1v) is 7.15. The molecule has 0 aromatic carbocycles. The number of hydrogen-bond donors (Lipinski definition) is 2. The summed E-state index contributed by atoms with van der Waals surface area (Å²) in [6, 6.07) is 1.07. The van der Waals surface area contributed by atoms with Crippen LogP contribution in [0, 0.1) is 12.8 Å². The summed E-state index contributed by atoms with van der Waals surface area (Å²) < 4.78 is 0. The molecule has 0 amide bonds. The van der Waals surface area contributed by atoms with Crippen molar-refractivity contribution in [3.8, 4) is 0 Å². The molecule has 0 bridgehead atoms. The Kier molecular flexibility index (Phi) is 3.23. The van der Waals surface area contributed by atoms with E-state index in [2.05, 4.69) is 9.97 Å². The molecule has 3 rings (SSSR count). The third-order valence-electron chi connectivity index (χ3n) is 4.48. The number of fused-ring (bicyclic) bond motifs is 1. The molecule has 1 aliphatic heterocycles. The molecule has 3 unspecified atom stereocenters. The molecule has 108 valence electrons. The Labute approximate surface area is 116 Å². The second kappa shape index (κ2) is 4.92. The van der Waals surface area contributed by atoms with Gasteiger partial charge in [0, 0.05) is 12.1 Å². The van der Waals surface area contributed by atoms with Gasteiger partial charge < -0.3 is 15.0 Å². The van der Waals surface area contributed by atoms with Crippen molar-refractivity contribution in [1.82, 2.24) is 9.97 Å². The normalized spacial score (nSPS) is 29.2. The Morgan fingerprint density at radius 2 is 2.20 bits per heavy atom. The predicted molar refractivity (Wildman–Crippen MR) is 73.9 cm³/mol. The number of carboxylic acid groups (broad SMARTS) is 1. The quantitative estimate of drug-likeness (QED) is 0.851. The highest BCUT2D eigenvalue weighted by molar-refractivity contribution is 5.79. The van der Waals surface area contributed by atoms with Gasteiger partial charge in [0.2, 0.25) is 0 Å². The summed E-state index contributed by atoms with van der Waals surface area (Å²) in [4.78, 5) is 32.0. The van der Waals surface area contributed by atoms with Crippen LogP contribution in [0.3, 0.4) is 0 Å². The molecule has 2 N–H and O–H groups in total. The molecule has 2 fully saturated rings. The molecule has 6 nitrogen and oxygen atoms in total. The fraction of sp³-hybridized carbons (Fsp3) is 0.643. The third-order valence-corrected chi connectivity index (χ3v) is 4.48. The summed E-state index contributed by atoms with van der Waals surface area (Å²) in [6.07, 6.45) is 5.01. The van der Waals surface area contributed by atoms with Crippen LogP contribution in [0.25, 0.3) is 0 Å². The molecule has 3 atom stereocenters. The van der Waals surface area contributed by atoms with Gasteiger partial charge in [-0.05, 0) is 32.1 Å². The number of nitrogens with zero attached hydrogens (tertiary/aromatic N) is 2. The van der Waals surface area contributed by atoms with Crippen molar-refractivity contribution in [1.29, 1.82) is 0 Å². The lowest BCUT2D eigenvalue weighted by molar-refractivity contribution is -0.138. The molecular weight excluding hydrogens is 258 g/mol. The molecule has 2 heterocycles. The van der Waals surface area contributed by atoms with Crippen LogP contribution in [-0.2, 0) is 4.79 Å². The van der Waals surface area contributed by atoms with Crippen molar-refractivity contribution in [2.24, 2.45) is 5.92 Å². The summed E-state index contributed by atoms with van der Waals surface area (Å²) in [5, 5.41) is 9.48. The second-order valence-electron chi connectivity index (χ2n) is 5.80. The van der Waals surface area contributed by atoms with Crippen LogP contribution < -0.4 is 10.5 Å². The SMILES string of the molecule is Cc1nc(N2C(C(=O)O)CC3CCCCC32)cc(=O)[nH]1. The van der Waals surface area contributed by atoms with Crippen molar-refractivity contribution in [3.63, 3.8) is 0 Å². The van der Waals surface area contributed by atoms with Crippen molar-refractivity contribution in [2.75, 3.05) is 4.90 Å². The Hall–Kier alpha value is -1.85. The summed E-state index contributed by atoms with van der Waals surface area (Å²) in [5.74, 6) is 0.620. The van der Waals surface area contributed by atoms with Crippen LogP contribution in [0.15, 0.2) is 10.9 Å². The van der Waals surface area contributed by atoms with E-state index >= 15 is 0 Å². The molecule has 20 heavy (non-hydrogen) atoms. The number of carbonyl (C=O) groups is 1. The molecule has 0 radical (unpaired) electrons. The maximum Gasteiger partial charge on any atom is 0.326 e. The Morgan fingerprint density at radius 1 is 1.45 bits per heavy atom. The van der Waals surface area contributed by atoms with Gasteiger partial charge in [-0.15, -0.1) is 0 Å². The summed E-state index contributed by atoms with van der Waals surface area (Å²) in [6.45, 7) is 1.72. The van der Waals surface area contributed by atoms with E-state index in [4.69, 9.17) is 0 Å². The minimum absolute atomic E-state index is 0.207. The Morgan fingerprint density at radius 3 is 2.90 bits per heavy atom. The largest absolute Gasteiger partial charge is 0.480 e. The number of anilines is 1. The van der Waals surface area contributed by atoms with Gasteiger partial charge in [-0.3, -0.25) is 4.79 Å². The summed E-state index contributed by atoms with van der Waals surface area (Å²) >= 11 is 0. The van der Waals surface area contributed by atoms with Gasteiger partial charge >= 0.3 is 5.97 Å². The van der Waals surface area contributed by atoms with E-state index in [9.17, 15) is 14.7 Å². The lowest BCUT2D eigenvalue weighted by Gasteiger charge is -2.33. The van der Waals surface area contributed by atoms with Gasteiger partial charge in [-0.2, -0.15) is 0 Å². The number of carboxylic acids is 1. The van der Waals surface area contributed by atoms with Gasteiger partial charge in [0.15, 0.2) is 0 Å². The monoisotopic (exact) mass is 277 g/mol. The number of aromatic nitrogens is 2. The Bertz CT molecular complexity index is 583. The summed E-state index contributed by atoms with van der Waals surface area (Å²) in [7, 11) is 0. The summed E-state index contributed by atoms with van der Waals surface area (Å²) in [5.41, 5.74) is -0.226. The Balaban J connectivity index is 2.02. The van der Waals surface area contributed by atoms with E-state index in [1.54, 1.807) is 6.92 Å². The number of aliphatic carboxylic acids is 1. The second-order valence-corrected chi connectivity index (χ2v) is 5.80. The van der Waals surface area contributed by atoms with E-state index < -0.39 is 12.0 Å². The first-order valence-electron chi connectivity index (χ1n) is 7.15. The number of hydrogen-bond acceptors (Lipinski definition) is 4. The highest BCUT2D eigenvalue weighted by atomic mass is 16.4. The zero-order valence-corrected chi connectivity index (χ0v) is 11.5. The van der Waals surface area contributed by atoms with Gasteiger partial charge in [0.05, 0.1) is 0 Å². The van der Waals surface area contributed by atoms with Crippen LogP contribution in [0.4, 0.5) is 5.82 Å². The molecule has 0 spiro atoms. The molecule has 6 heteroatoms. The van der Waals surface area contributed by atoms with Crippen LogP contribution >= 0.6 is 0 Å². The fourth-order valence-corrected chi connectivity index (χ4v) is 3.71. The molecule has 1 saturated carbocycles. The van der Waals surface area contributed by atoms with Crippen molar-refractivity contribution in [3.05, 3.63) is 22.2 Å². The maximum absolute atomic E-state index is 11.6. The number of rotatable bonds is 2. The van der Waals surface area contributed by atoms with Gasteiger partial charge in [0.25, 0.3) is 5.56 Å². The lowest BCUT2D eigenvalue weighted by Crippen LogP contribution is -2.43. The van der Waals surface area contributed by atoms with Crippen molar-refractivity contribution in [2.45, 2.75) is 51.1 Å². The van der Waals surface area contributed by atoms with Crippen LogP contribution in [0.5, 0.6) is 0 Å². The molecule has 1 aromatic heterocycles. The standard InChI is InChI=1S/C14H19N3O3/c1-8-15-12(7-13(18)16-8)17-10-5-3-2-4-9(10)6-11(17)14(19)20/h7,9-11H,2-6H2,1H3,(H,19,20)(H,15,16,18). The van der Waals surface area contributed by atoms with E-state index in [0.717, 1.165) is 19.3 Å². The maximum atomic E-state index is 11.6.